The number of hydrogen-bond donors (Lipinski definition) is 1. The number of ether oxygens (including phenoxy) is 1. The molecule has 2 aliphatic rings. The third-order valence-electron chi connectivity index (χ3n) is 6.00. The highest BCUT2D eigenvalue weighted by Crippen LogP contribution is 2.30. The van der Waals surface area contributed by atoms with Crippen LogP contribution in [0.5, 0.6) is 5.75 Å². The van der Waals surface area contributed by atoms with Crippen LogP contribution in [0.2, 0.25) is 0 Å². The predicted molar refractivity (Wildman–Crippen MR) is 117 cm³/mol. The van der Waals surface area contributed by atoms with Gasteiger partial charge in [-0.3, -0.25) is 9.59 Å². The molecule has 3 heterocycles. The zero-order valence-electron chi connectivity index (χ0n) is 18.1. The van der Waals surface area contributed by atoms with Crippen molar-refractivity contribution >= 4 is 17.6 Å². The Kier molecular flexibility index (Phi) is 6.34. The van der Waals surface area contributed by atoms with Crippen molar-refractivity contribution in [2.24, 2.45) is 0 Å². The number of hydrogen-bond acceptors (Lipinski definition) is 6. The van der Waals surface area contributed by atoms with Gasteiger partial charge in [0.25, 0.3) is 5.91 Å². The highest BCUT2D eigenvalue weighted by Gasteiger charge is 2.29. The fourth-order valence-electron chi connectivity index (χ4n) is 4.26. The molecule has 0 unspecified atom stereocenters. The first-order chi connectivity index (χ1) is 15.0. The lowest BCUT2D eigenvalue weighted by molar-refractivity contribution is -0.134. The number of aromatic nitrogens is 2. The minimum absolute atomic E-state index is 0.0100. The van der Waals surface area contributed by atoms with Crippen LogP contribution in [0.15, 0.2) is 30.3 Å². The van der Waals surface area contributed by atoms with Gasteiger partial charge in [0, 0.05) is 51.5 Å². The standard InChI is InChI=1S/C23H29N5O3/c1-16(29)27-11-6-7-17(13-27)22-25-20-10-12-28(14-19(20)23(24-2)26-22)21(30)15-31-18-8-4-3-5-9-18/h3-5,8-9,17H,6-7,10-15H2,1-2H3,(H,24,25,26)/t17-/m0/s1. The Morgan fingerprint density at radius 1 is 1.16 bits per heavy atom. The summed E-state index contributed by atoms with van der Waals surface area (Å²) in [5, 5.41) is 3.19. The highest BCUT2D eigenvalue weighted by atomic mass is 16.5. The second-order valence-corrected chi connectivity index (χ2v) is 8.08. The molecule has 1 aromatic carbocycles. The first-order valence-electron chi connectivity index (χ1n) is 10.8. The number of fused-ring (bicyclic) bond motifs is 1. The van der Waals surface area contributed by atoms with E-state index in [2.05, 4.69) is 5.32 Å². The summed E-state index contributed by atoms with van der Waals surface area (Å²) in [6.07, 6.45) is 2.62. The van der Waals surface area contributed by atoms with Crippen molar-refractivity contribution in [3.63, 3.8) is 0 Å². The van der Waals surface area contributed by atoms with Gasteiger partial charge in [-0.25, -0.2) is 9.97 Å². The van der Waals surface area contributed by atoms with Gasteiger partial charge >= 0.3 is 0 Å². The highest BCUT2D eigenvalue weighted by molar-refractivity contribution is 5.78. The maximum Gasteiger partial charge on any atom is 0.260 e. The predicted octanol–water partition coefficient (Wildman–Crippen LogP) is 2.21. The number of piperidine rings is 1. The van der Waals surface area contributed by atoms with Gasteiger partial charge in [-0.15, -0.1) is 0 Å². The van der Waals surface area contributed by atoms with Crippen LogP contribution in [-0.4, -0.2) is 64.9 Å². The van der Waals surface area contributed by atoms with Gasteiger partial charge in [0.1, 0.15) is 17.4 Å². The number of anilines is 1. The summed E-state index contributed by atoms with van der Waals surface area (Å²) in [7, 11) is 1.84. The van der Waals surface area contributed by atoms with Crippen molar-refractivity contribution < 1.29 is 14.3 Å². The van der Waals surface area contributed by atoms with Gasteiger partial charge in [0.05, 0.1) is 12.2 Å². The van der Waals surface area contributed by atoms with E-state index in [1.807, 2.05) is 42.3 Å². The molecule has 2 amide bonds. The molecule has 1 atom stereocenters. The number of carbonyl (C=O) groups is 2. The molecule has 0 bridgehead atoms. The third-order valence-corrected chi connectivity index (χ3v) is 6.00. The number of rotatable bonds is 5. The molecule has 0 saturated carbocycles. The molecule has 1 fully saturated rings. The van der Waals surface area contributed by atoms with Crippen LogP contribution in [0.3, 0.4) is 0 Å². The lowest BCUT2D eigenvalue weighted by Gasteiger charge is -2.33. The molecule has 2 aromatic rings. The largest absolute Gasteiger partial charge is 0.484 e. The van der Waals surface area contributed by atoms with Crippen molar-refractivity contribution in [3.8, 4) is 5.75 Å². The van der Waals surface area contributed by atoms with Crippen molar-refractivity contribution in [2.45, 2.75) is 38.6 Å². The fraction of sp³-hybridized carbons (Fsp3) is 0.478. The molecule has 164 valence electrons. The van der Waals surface area contributed by atoms with Crippen LogP contribution in [0.25, 0.3) is 0 Å². The normalized spacial score (nSPS) is 18.3. The van der Waals surface area contributed by atoms with Crippen LogP contribution < -0.4 is 10.1 Å². The van der Waals surface area contributed by atoms with Gasteiger partial charge < -0.3 is 19.9 Å². The van der Waals surface area contributed by atoms with E-state index in [1.54, 1.807) is 11.8 Å². The fourth-order valence-corrected chi connectivity index (χ4v) is 4.26. The van der Waals surface area contributed by atoms with Crippen molar-refractivity contribution in [3.05, 3.63) is 47.4 Å². The Morgan fingerprint density at radius 3 is 2.71 bits per heavy atom. The minimum atomic E-state index is -0.0509. The quantitative estimate of drug-likeness (QED) is 0.793. The average molecular weight is 424 g/mol. The van der Waals surface area contributed by atoms with Gasteiger partial charge in [0.15, 0.2) is 6.61 Å². The average Bonchev–Trinajstić information content (AvgIpc) is 2.82. The van der Waals surface area contributed by atoms with E-state index in [0.717, 1.165) is 42.3 Å². The minimum Gasteiger partial charge on any atom is -0.484 e. The number of benzene rings is 1. The van der Waals surface area contributed by atoms with Crippen LogP contribution in [0.1, 0.15) is 42.8 Å². The molecule has 4 rings (SSSR count). The summed E-state index contributed by atoms with van der Waals surface area (Å²) in [6, 6.07) is 9.35. The molecule has 1 N–H and O–H groups in total. The number of carbonyl (C=O) groups excluding carboxylic acids is 2. The van der Waals surface area contributed by atoms with E-state index in [1.165, 1.54) is 0 Å². The molecule has 31 heavy (non-hydrogen) atoms. The molecule has 2 aliphatic heterocycles. The summed E-state index contributed by atoms with van der Waals surface area (Å²) in [5.74, 6) is 2.44. The SMILES string of the molecule is CNc1nc([C@H]2CCCN(C(C)=O)C2)nc2c1CN(C(=O)COc1ccccc1)CC2. The molecule has 1 aromatic heterocycles. The van der Waals surface area contributed by atoms with Gasteiger partial charge in [-0.05, 0) is 25.0 Å². The van der Waals surface area contributed by atoms with E-state index in [4.69, 9.17) is 14.7 Å². The zero-order valence-corrected chi connectivity index (χ0v) is 18.1. The Balaban J connectivity index is 1.46. The summed E-state index contributed by atoms with van der Waals surface area (Å²) < 4.78 is 5.62. The molecule has 0 radical (unpaired) electrons. The first-order valence-corrected chi connectivity index (χ1v) is 10.8. The van der Waals surface area contributed by atoms with Crippen LogP contribution in [0.4, 0.5) is 5.82 Å². The number of amides is 2. The Bertz CT molecular complexity index is 932. The van der Waals surface area contributed by atoms with E-state index >= 15 is 0 Å². The lowest BCUT2D eigenvalue weighted by atomic mass is 9.96. The summed E-state index contributed by atoms with van der Waals surface area (Å²) >= 11 is 0. The molecule has 8 heteroatoms. The third kappa shape index (κ3) is 4.78. The smallest absolute Gasteiger partial charge is 0.260 e. The van der Waals surface area contributed by atoms with Gasteiger partial charge in [-0.1, -0.05) is 18.2 Å². The Morgan fingerprint density at radius 2 is 1.97 bits per heavy atom. The first kappa shape index (κ1) is 21.1. The van der Waals surface area contributed by atoms with Gasteiger partial charge in [0.2, 0.25) is 5.91 Å². The van der Waals surface area contributed by atoms with Crippen molar-refractivity contribution in [1.82, 2.24) is 19.8 Å². The Hall–Kier alpha value is -3.16. The molecule has 8 nitrogen and oxygen atoms in total. The summed E-state index contributed by atoms with van der Waals surface area (Å²) in [6.45, 7) is 4.16. The lowest BCUT2D eigenvalue weighted by Crippen LogP contribution is -2.40. The second kappa shape index (κ2) is 9.32. The monoisotopic (exact) mass is 423 g/mol. The van der Waals surface area contributed by atoms with E-state index in [9.17, 15) is 9.59 Å². The van der Waals surface area contributed by atoms with Gasteiger partial charge in [-0.2, -0.15) is 0 Å². The molecular formula is C23H29N5O3. The van der Waals surface area contributed by atoms with E-state index < -0.39 is 0 Å². The number of nitrogens with zero attached hydrogens (tertiary/aromatic N) is 4. The summed E-state index contributed by atoms with van der Waals surface area (Å²) in [4.78, 5) is 37.8. The van der Waals surface area contributed by atoms with E-state index in [0.29, 0.717) is 31.8 Å². The summed E-state index contributed by atoms with van der Waals surface area (Å²) in [5.41, 5.74) is 1.95. The number of para-hydroxylation sites is 1. The van der Waals surface area contributed by atoms with E-state index in [-0.39, 0.29) is 24.3 Å². The van der Waals surface area contributed by atoms with Crippen LogP contribution in [-0.2, 0) is 22.6 Å². The van der Waals surface area contributed by atoms with Crippen LogP contribution in [0, 0.1) is 0 Å². The molecule has 0 spiro atoms. The zero-order chi connectivity index (χ0) is 21.8. The van der Waals surface area contributed by atoms with Crippen molar-refractivity contribution in [1.29, 1.82) is 0 Å². The van der Waals surface area contributed by atoms with Crippen LogP contribution >= 0.6 is 0 Å². The molecule has 0 aliphatic carbocycles. The van der Waals surface area contributed by atoms with Crippen molar-refractivity contribution in [2.75, 3.05) is 38.6 Å². The maximum absolute atomic E-state index is 12.7. The maximum atomic E-state index is 12.7. The molecular weight excluding hydrogens is 394 g/mol. The second-order valence-electron chi connectivity index (χ2n) is 8.08. The molecule has 1 saturated heterocycles. The number of nitrogens with one attached hydrogen (secondary N) is 1. The topological polar surface area (TPSA) is 87.7 Å². The Labute approximate surface area is 182 Å². The number of likely N-dealkylation sites (tertiary alicyclic amines) is 1.